The first-order chi connectivity index (χ1) is 12.8. The Kier molecular flexibility index (Phi) is 6.03. The number of benzene rings is 1. The minimum Gasteiger partial charge on any atom is -0.335 e. The second-order valence-corrected chi connectivity index (χ2v) is 9.86. The molecule has 1 aromatic heterocycles. The zero-order chi connectivity index (χ0) is 19.6. The van der Waals surface area contributed by atoms with Crippen molar-refractivity contribution in [2.75, 3.05) is 26.2 Å². The van der Waals surface area contributed by atoms with Gasteiger partial charge in [0, 0.05) is 26.2 Å². The third-order valence-corrected chi connectivity index (χ3v) is 8.20. The van der Waals surface area contributed by atoms with Crippen molar-refractivity contribution in [2.24, 2.45) is 0 Å². The molecule has 0 spiro atoms. The second-order valence-electron chi connectivity index (χ2n) is 7.01. The lowest BCUT2D eigenvalue weighted by atomic mass is 9.99. The average Bonchev–Trinajstić information content (AvgIpc) is 3.13. The van der Waals surface area contributed by atoms with Crippen LogP contribution >= 0.6 is 11.3 Å². The second kappa shape index (κ2) is 8.12. The van der Waals surface area contributed by atoms with E-state index in [9.17, 15) is 13.2 Å². The van der Waals surface area contributed by atoms with Gasteiger partial charge in [0.1, 0.15) is 0 Å². The first-order valence-corrected chi connectivity index (χ1v) is 11.6. The fraction of sp³-hybridized carbons (Fsp3) is 0.450. The van der Waals surface area contributed by atoms with Gasteiger partial charge in [0.2, 0.25) is 10.0 Å². The third kappa shape index (κ3) is 4.10. The summed E-state index contributed by atoms with van der Waals surface area (Å²) in [5.74, 6) is 0.412. The minimum atomic E-state index is -3.52. The van der Waals surface area contributed by atoms with Crippen molar-refractivity contribution in [1.82, 2.24) is 9.21 Å². The average molecular weight is 407 g/mol. The van der Waals surface area contributed by atoms with Crippen LogP contribution in [-0.2, 0) is 10.0 Å². The van der Waals surface area contributed by atoms with Crippen LogP contribution in [0.5, 0.6) is 0 Å². The minimum absolute atomic E-state index is 0.00236. The number of carbonyl (C=O) groups is 1. The van der Waals surface area contributed by atoms with Crippen molar-refractivity contribution < 1.29 is 13.2 Å². The number of nitrogens with zero attached hydrogens (tertiary/aromatic N) is 2. The fourth-order valence-electron chi connectivity index (χ4n) is 3.22. The summed E-state index contributed by atoms with van der Waals surface area (Å²) in [7, 11) is -3.52. The molecular weight excluding hydrogens is 380 g/mol. The lowest BCUT2D eigenvalue weighted by Crippen LogP contribution is -2.50. The van der Waals surface area contributed by atoms with Crippen molar-refractivity contribution >= 4 is 27.3 Å². The zero-order valence-electron chi connectivity index (χ0n) is 16.0. The van der Waals surface area contributed by atoms with Crippen LogP contribution < -0.4 is 0 Å². The van der Waals surface area contributed by atoms with E-state index >= 15 is 0 Å². The molecule has 1 aliphatic heterocycles. The van der Waals surface area contributed by atoms with Crippen molar-refractivity contribution in [2.45, 2.75) is 38.0 Å². The molecule has 1 aliphatic rings. The number of piperazine rings is 1. The third-order valence-electron chi connectivity index (χ3n) is 5.28. The van der Waals surface area contributed by atoms with E-state index in [0.717, 1.165) is 22.4 Å². The van der Waals surface area contributed by atoms with Gasteiger partial charge < -0.3 is 4.90 Å². The van der Waals surface area contributed by atoms with Gasteiger partial charge in [-0.1, -0.05) is 26.0 Å². The molecule has 7 heteroatoms. The van der Waals surface area contributed by atoms with Crippen LogP contribution in [-0.4, -0.2) is 49.7 Å². The number of amides is 1. The maximum atomic E-state index is 12.9. The summed E-state index contributed by atoms with van der Waals surface area (Å²) in [4.78, 5) is 15.4. The van der Waals surface area contributed by atoms with E-state index in [4.69, 9.17) is 0 Å². The van der Waals surface area contributed by atoms with Crippen LogP contribution in [0.1, 0.15) is 47.0 Å². The topological polar surface area (TPSA) is 57.7 Å². The van der Waals surface area contributed by atoms with Crippen LogP contribution in [0.3, 0.4) is 0 Å². The number of aryl methyl sites for hydroxylation is 1. The maximum Gasteiger partial charge on any atom is 0.264 e. The Bertz CT molecular complexity index is 896. The molecule has 0 radical (unpaired) electrons. The highest BCUT2D eigenvalue weighted by atomic mass is 32.2. The van der Waals surface area contributed by atoms with Gasteiger partial charge in [0.15, 0.2) is 0 Å². The molecule has 0 bridgehead atoms. The monoisotopic (exact) mass is 406 g/mol. The summed E-state index contributed by atoms with van der Waals surface area (Å²) in [6, 6.07) is 9.13. The van der Waals surface area contributed by atoms with E-state index in [1.54, 1.807) is 17.0 Å². The highest BCUT2D eigenvalue weighted by Crippen LogP contribution is 2.24. The Morgan fingerprint density at radius 1 is 1.11 bits per heavy atom. The summed E-state index contributed by atoms with van der Waals surface area (Å²) in [5.41, 5.74) is 2.12. The van der Waals surface area contributed by atoms with Crippen LogP contribution in [0.15, 0.2) is 40.6 Å². The van der Waals surface area contributed by atoms with Gasteiger partial charge in [0.25, 0.3) is 5.91 Å². The highest BCUT2D eigenvalue weighted by Gasteiger charge is 2.31. The first kappa shape index (κ1) is 20.0. The van der Waals surface area contributed by atoms with Gasteiger partial charge in [-0.3, -0.25) is 4.79 Å². The van der Waals surface area contributed by atoms with E-state index in [1.165, 1.54) is 15.6 Å². The molecule has 27 heavy (non-hydrogen) atoms. The summed E-state index contributed by atoms with van der Waals surface area (Å²) in [6.45, 7) is 7.66. The lowest BCUT2D eigenvalue weighted by Gasteiger charge is -2.34. The summed E-state index contributed by atoms with van der Waals surface area (Å²) in [6.07, 6.45) is 1.02. The summed E-state index contributed by atoms with van der Waals surface area (Å²) >= 11 is 1.44. The SMILES string of the molecule is CC[C@H](C)c1ccc(S(=O)(=O)N2CCN(C(=O)c3sccc3C)CC2)cc1. The van der Waals surface area contributed by atoms with Crippen molar-refractivity contribution in [3.05, 3.63) is 51.7 Å². The number of hydrogen-bond acceptors (Lipinski definition) is 4. The molecule has 3 rings (SSSR count). The lowest BCUT2D eigenvalue weighted by molar-refractivity contribution is 0.0702. The molecule has 0 aliphatic carbocycles. The van der Waals surface area contributed by atoms with Crippen LogP contribution in [0.25, 0.3) is 0 Å². The van der Waals surface area contributed by atoms with Crippen LogP contribution in [0.4, 0.5) is 0 Å². The molecule has 1 aromatic carbocycles. The van der Waals surface area contributed by atoms with Crippen molar-refractivity contribution in [3.63, 3.8) is 0 Å². The molecule has 0 N–H and O–H groups in total. The molecule has 1 fully saturated rings. The normalized spacial score (nSPS) is 17.1. The van der Waals surface area contributed by atoms with Crippen LogP contribution in [0.2, 0.25) is 0 Å². The standard InChI is InChI=1S/C20H26N2O3S2/c1-4-15(2)17-5-7-18(8-6-17)27(24,25)22-12-10-21(11-13-22)20(23)19-16(3)9-14-26-19/h5-9,14-15H,4,10-13H2,1-3H3/t15-/m0/s1. The Balaban J connectivity index is 1.68. The largest absolute Gasteiger partial charge is 0.335 e. The number of rotatable bonds is 5. The predicted octanol–water partition coefficient (Wildman–Crippen LogP) is 3.72. The molecule has 0 unspecified atom stereocenters. The Morgan fingerprint density at radius 2 is 1.74 bits per heavy atom. The van der Waals surface area contributed by atoms with E-state index in [2.05, 4.69) is 13.8 Å². The van der Waals surface area contributed by atoms with Gasteiger partial charge in [0.05, 0.1) is 9.77 Å². The zero-order valence-corrected chi connectivity index (χ0v) is 17.6. The molecule has 1 atom stereocenters. The van der Waals surface area contributed by atoms with E-state index in [-0.39, 0.29) is 5.91 Å². The summed E-state index contributed by atoms with van der Waals surface area (Å²) < 4.78 is 27.3. The molecule has 0 saturated carbocycles. The predicted molar refractivity (Wildman–Crippen MR) is 109 cm³/mol. The van der Waals surface area contributed by atoms with E-state index < -0.39 is 10.0 Å². The quantitative estimate of drug-likeness (QED) is 0.760. The number of carbonyl (C=O) groups excluding carboxylic acids is 1. The number of thiophene rings is 1. The molecule has 2 heterocycles. The van der Waals surface area contributed by atoms with Gasteiger partial charge in [-0.05, 0) is 54.0 Å². The Labute approximate surface area is 165 Å². The van der Waals surface area contributed by atoms with Crippen molar-refractivity contribution in [3.8, 4) is 0 Å². The van der Waals surface area contributed by atoms with E-state index in [1.807, 2.05) is 30.5 Å². The molecule has 1 amide bonds. The fourth-order valence-corrected chi connectivity index (χ4v) is 5.53. The van der Waals surface area contributed by atoms with E-state index in [0.29, 0.717) is 37.0 Å². The van der Waals surface area contributed by atoms with Gasteiger partial charge in [-0.25, -0.2) is 8.42 Å². The molecular formula is C20H26N2O3S2. The number of sulfonamides is 1. The smallest absolute Gasteiger partial charge is 0.264 e. The molecule has 2 aromatic rings. The van der Waals surface area contributed by atoms with Crippen LogP contribution in [0, 0.1) is 6.92 Å². The van der Waals surface area contributed by atoms with Crippen molar-refractivity contribution in [1.29, 1.82) is 0 Å². The van der Waals surface area contributed by atoms with Gasteiger partial charge in [-0.2, -0.15) is 4.31 Å². The first-order valence-electron chi connectivity index (χ1n) is 9.28. The molecule has 1 saturated heterocycles. The Morgan fingerprint density at radius 3 is 2.26 bits per heavy atom. The molecule has 5 nitrogen and oxygen atoms in total. The maximum absolute atomic E-state index is 12.9. The van der Waals surface area contributed by atoms with Gasteiger partial charge >= 0.3 is 0 Å². The number of hydrogen-bond donors (Lipinski definition) is 0. The van der Waals surface area contributed by atoms with Gasteiger partial charge in [-0.15, -0.1) is 11.3 Å². The summed E-state index contributed by atoms with van der Waals surface area (Å²) in [5, 5.41) is 1.91. The molecule has 146 valence electrons. The Hall–Kier alpha value is -1.70. The highest BCUT2D eigenvalue weighted by molar-refractivity contribution is 7.89.